The third kappa shape index (κ3) is 2.54. The Hall–Kier alpha value is -0.640. The molecule has 1 fully saturated rings. The molecule has 0 aliphatic heterocycles. The summed E-state index contributed by atoms with van der Waals surface area (Å²) >= 11 is 11.7. The van der Waals surface area contributed by atoms with Crippen molar-refractivity contribution >= 4 is 28.9 Å². The molecule has 1 aromatic carbocycles. The first-order valence-electron chi connectivity index (χ1n) is 5.26. The zero-order valence-electron chi connectivity index (χ0n) is 8.71. The van der Waals surface area contributed by atoms with Crippen LogP contribution in [0.3, 0.4) is 0 Å². The molecule has 0 bridgehead atoms. The first-order chi connectivity index (χ1) is 7.56. The smallest absolute Gasteiger partial charge is 0.152 e. The molecule has 1 aromatic rings. The SMILES string of the molecule is NC1CCC(Nc2cc(Cl)c(O)c(Cl)c2)C1. The summed E-state index contributed by atoms with van der Waals surface area (Å²) in [5, 5.41) is 13.3. The van der Waals surface area contributed by atoms with Crippen LogP contribution in [0.2, 0.25) is 10.0 Å². The van der Waals surface area contributed by atoms with Crippen molar-refractivity contribution in [1.82, 2.24) is 0 Å². The van der Waals surface area contributed by atoms with E-state index in [1.165, 1.54) is 0 Å². The van der Waals surface area contributed by atoms with Crippen molar-refractivity contribution in [2.24, 2.45) is 5.73 Å². The van der Waals surface area contributed by atoms with Crippen molar-refractivity contribution in [3.8, 4) is 5.75 Å². The van der Waals surface area contributed by atoms with Crippen LogP contribution in [0.4, 0.5) is 5.69 Å². The minimum Gasteiger partial charge on any atom is -0.505 e. The highest BCUT2D eigenvalue weighted by molar-refractivity contribution is 6.37. The van der Waals surface area contributed by atoms with E-state index in [0.29, 0.717) is 6.04 Å². The van der Waals surface area contributed by atoms with Gasteiger partial charge in [-0.05, 0) is 31.4 Å². The van der Waals surface area contributed by atoms with Gasteiger partial charge in [0.1, 0.15) is 0 Å². The van der Waals surface area contributed by atoms with E-state index in [9.17, 15) is 5.11 Å². The van der Waals surface area contributed by atoms with E-state index in [1.807, 2.05) is 0 Å². The highest BCUT2D eigenvalue weighted by Gasteiger charge is 2.21. The van der Waals surface area contributed by atoms with Gasteiger partial charge in [-0.25, -0.2) is 0 Å². The standard InChI is InChI=1S/C11H14Cl2N2O/c12-9-4-8(5-10(13)11(9)16)15-7-2-1-6(14)3-7/h4-7,15-16H,1-3,14H2. The lowest BCUT2D eigenvalue weighted by Gasteiger charge is -2.15. The van der Waals surface area contributed by atoms with E-state index in [2.05, 4.69) is 5.32 Å². The van der Waals surface area contributed by atoms with E-state index in [-0.39, 0.29) is 21.8 Å². The molecule has 4 N–H and O–H groups in total. The van der Waals surface area contributed by atoms with Crippen molar-refractivity contribution < 1.29 is 5.11 Å². The Morgan fingerprint density at radius 3 is 2.38 bits per heavy atom. The molecule has 88 valence electrons. The van der Waals surface area contributed by atoms with Crippen LogP contribution in [-0.2, 0) is 0 Å². The van der Waals surface area contributed by atoms with E-state index >= 15 is 0 Å². The average molecular weight is 261 g/mol. The summed E-state index contributed by atoms with van der Waals surface area (Å²) in [5.74, 6) is -0.0722. The zero-order chi connectivity index (χ0) is 11.7. The second-order valence-electron chi connectivity index (χ2n) is 4.20. The number of rotatable bonds is 2. The molecule has 1 aliphatic carbocycles. The molecule has 16 heavy (non-hydrogen) atoms. The lowest BCUT2D eigenvalue weighted by atomic mass is 10.2. The molecule has 0 aromatic heterocycles. The maximum absolute atomic E-state index is 9.42. The molecular formula is C11H14Cl2N2O. The van der Waals surface area contributed by atoms with E-state index in [0.717, 1.165) is 24.9 Å². The molecule has 0 spiro atoms. The molecule has 0 radical (unpaired) electrons. The van der Waals surface area contributed by atoms with Gasteiger partial charge >= 0.3 is 0 Å². The highest BCUT2D eigenvalue weighted by Crippen LogP contribution is 2.35. The summed E-state index contributed by atoms with van der Waals surface area (Å²) < 4.78 is 0. The number of anilines is 1. The van der Waals surface area contributed by atoms with Crippen molar-refractivity contribution in [3.63, 3.8) is 0 Å². The fraction of sp³-hybridized carbons (Fsp3) is 0.455. The van der Waals surface area contributed by atoms with Crippen molar-refractivity contribution in [2.75, 3.05) is 5.32 Å². The average Bonchev–Trinajstić information content (AvgIpc) is 2.60. The number of nitrogens with one attached hydrogen (secondary N) is 1. The third-order valence-electron chi connectivity index (χ3n) is 2.86. The van der Waals surface area contributed by atoms with Gasteiger partial charge in [0.25, 0.3) is 0 Å². The largest absolute Gasteiger partial charge is 0.505 e. The summed E-state index contributed by atoms with van der Waals surface area (Å²) in [6, 6.07) is 3.99. The fourth-order valence-electron chi connectivity index (χ4n) is 2.03. The molecule has 1 aliphatic rings. The summed E-state index contributed by atoms with van der Waals surface area (Å²) in [5.41, 5.74) is 6.66. The van der Waals surface area contributed by atoms with Crippen LogP contribution in [0.25, 0.3) is 0 Å². The van der Waals surface area contributed by atoms with Gasteiger partial charge in [-0.3, -0.25) is 0 Å². The summed E-state index contributed by atoms with van der Waals surface area (Å²) in [4.78, 5) is 0. The number of phenols is 1. The molecule has 2 atom stereocenters. The molecule has 0 heterocycles. The van der Waals surface area contributed by atoms with Gasteiger partial charge in [-0.2, -0.15) is 0 Å². The number of aromatic hydroxyl groups is 1. The highest BCUT2D eigenvalue weighted by atomic mass is 35.5. The van der Waals surface area contributed by atoms with Crippen molar-refractivity contribution in [1.29, 1.82) is 0 Å². The van der Waals surface area contributed by atoms with Crippen molar-refractivity contribution in [3.05, 3.63) is 22.2 Å². The summed E-state index contributed by atoms with van der Waals surface area (Å²) in [6.45, 7) is 0. The van der Waals surface area contributed by atoms with Gasteiger partial charge in [0.2, 0.25) is 0 Å². The van der Waals surface area contributed by atoms with E-state index < -0.39 is 0 Å². The lowest BCUT2D eigenvalue weighted by Crippen LogP contribution is -2.20. The summed E-state index contributed by atoms with van der Waals surface area (Å²) in [6.07, 6.45) is 3.05. The monoisotopic (exact) mass is 260 g/mol. The number of nitrogens with two attached hydrogens (primary N) is 1. The van der Waals surface area contributed by atoms with Crippen LogP contribution in [0.1, 0.15) is 19.3 Å². The van der Waals surface area contributed by atoms with E-state index in [1.54, 1.807) is 12.1 Å². The molecule has 0 saturated heterocycles. The van der Waals surface area contributed by atoms with Crippen LogP contribution in [0, 0.1) is 0 Å². The quantitative estimate of drug-likeness (QED) is 0.717. The first-order valence-corrected chi connectivity index (χ1v) is 6.02. The fourth-order valence-corrected chi connectivity index (χ4v) is 2.52. The lowest BCUT2D eigenvalue weighted by molar-refractivity contribution is 0.476. The zero-order valence-corrected chi connectivity index (χ0v) is 10.2. The number of hydrogen-bond donors (Lipinski definition) is 3. The minimum atomic E-state index is -0.0722. The Balaban J connectivity index is 2.10. The van der Waals surface area contributed by atoms with Gasteiger partial charge in [0.05, 0.1) is 10.0 Å². The van der Waals surface area contributed by atoms with Gasteiger partial charge < -0.3 is 16.2 Å². The first kappa shape index (κ1) is 11.8. The second-order valence-corrected chi connectivity index (χ2v) is 5.02. The Kier molecular flexibility index (Phi) is 3.47. The Morgan fingerprint density at radius 2 is 1.88 bits per heavy atom. The molecule has 5 heteroatoms. The molecule has 3 nitrogen and oxygen atoms in total. The topological polar surface area (TPSA) is 58.3 Å². The van der Waals surface area contributed by atoms with Crippen molar-refractivity contribution in [2.45, 2.75) is 31.3 Å². The predicted molar refractivity (Wildman–Crippen MR) is 67.4 cm³/mol. The maximum atomic E-state index is 9.42. The second kappa shape index (κ2) is 4.70. The van der Waals surface area contributed by atoms with Crippen LogP contribution in [-0.4, -0.2) is 17.2 Å². The number of benzene rings is 1. The van der Waals surface area contributed by atoms with Gasteiger partial charge in [0, 0.05) is 17.8 Å². The normalized spacial score (nSPS) is 24.7. The van der Waals surface area contributed by atoms with Crippen LogP contribution < -0.4 is 11.1 Å². The van der Waals surface area contributed by atoms with Gasteiger partial charge in [-0.1, -0.05) is 23.2 Å². The molecule has 1 saturated carbocycles. The Bertz CT molecular complexity index is 375. The maximum Gasteiger partial charge on any atom is 0.152 e. The van der Waals surface area contributed by atoms with Crippen LogP contribution >= 0.6 is 23.2 Å². The van der Waals surface area contributed by atoms with E-state index in [4.69, 9.17) is 28.9 Å². The minimum absolute atomic E-state index is 0.0722. The van der Waals surface area contributed by atoms with Gasteiger partial charge in [-0.15, -0.1) is 0 Å². The Labute approximate surface area is 105 Å². The Morgan fingerprint density at radius 1 is 1.25 bits per heavy atom. The number of phenolic OH excluding ortho intramolecular Hbond substituents is 1. The predicted octanol–water partition coefficient (Wildman–Crippen LogP) is 2.99. The molecule has 0 amide bonds. The molecule has 2 unspecified atom stereocenters. The van der Waals surface area contributed by atoms with Crippen LogP contribution in [0.5, 0.6) is 5.75 Å². The molecule has 2 rings (SSSR count). The summed E-state index contributed by atoms with van der Waals surface area (Å²) in [7, 11) is 0. The molecular weight excluding hydrogens is 247 g/mol. The van der Waals surface area contributed by atoms with Crippen LogP contribution in [0.15, 0.2) is 12.1 Å². The van der Waals surface area contributed by atoms with Gasteiger partial charge in [0.15, 0.2) is 5.75 Å². The third-order valence-corrected chi connectivity index (χ3v) is 3.44. The number of hydrogen-bond acceptors (Lipinski definition) is 3. The number of halogens is 2.